The predicted molar refractivity (Wildman–Crippen MR) is 87.1 cm³/mol. The van der Waals surface area contributed by atoms with Gasteiger partial charge in [0.2, 0.25) is 11.8 Å². The maximum Gasteiger partial charge on any atom is 0.238 e. The van der Waals surface area contributed by atoms with Gasteiger partial charge in [0.25, 0.3) is 0 Å². The zero-order valence-electron chi connectivity index (χ0n) is 14.0. The highest BCUT2D eigenvalue weighted by molar-refractivity contribution is 6.08. The lowest BCUT2D eigenvalue weighted by atomic mass is 10.0. The Morgan fingerprint density at radius 3 is 2.23 bits per heavy atom. The fourth-order valence-corrected chi connectivity index (χ4v) is 2.56. The highest BCUT2D eigenvalue weighted by Crippen LogP contribution is 2.48. The summed E-state index contributed by atoms with van der Waals surface area (Å²) in [6.07, 6.45) is 1.30. The van der Waals surface area contributed by atoms with Crippen LogP contribution in [0.5, 0.6) is 0 Å². The molecule has 0 saturated heterocycles. The van der Waals surface area contributed by atoms with Gasteiger partial charge in [-0.1, -0.05) is 30.3 Å². The van der Waals surface area contributed by atoms with E-state index in [4.69, 9.17) is 0 Å². The third-order valence-electron chi connectivity index (χ3n) is 3.97. The first-order chi connectivity index (χ1) is 10.3. The fraction of sp³-hybridized carbons (Fsp3) is 0.556. The second-order valence-electron chi connectivity index (χ2n) is 7.09. The first-order valence-corrected chi connectivity index (χ1v) is 7.94. The molecular weight excluding hydrogens is 276 g/mol. The Balaban J connectivity index is 2.09. The molecule has 0 aliphatic heterocycles. The van der Waals surface area contributed by atoms with Crippen molar-refractivity contribution in [2.24, 2.45) is 5.41 Å². The number of nitrogens with zero attached hydrogens (tertiary/aromatic N) is 1. The molecule has 1 fully saturated rings. The van der Waals surface area contributed by atoms with Gasteiger partial charge < -0.3 is 10.2 Å². The second kappa shape index (κ2) is 6.11. The molecule has 0 unspecified atom stereocenters. The molecule has 1 N–H and O–H groups in total. The van der Waals surface area contributed by atoms with Crippen LogP contribution in [0.2, 0.25) is 0 Å². The SMILES string of the molecule is CCN(Cc1ccccc1)C(=O)C1(C(=O)NC(C)(C)C)CC1. The van der Waals surface area contributed by atoms with Crippen LogP contribution in [0.1, 0.15) is 46.1 Å². The summed E-state index contributed by atoms with van der Waals surface area (Å²) < 4.78 is 0. The van der Waals surface area contributed by atoms with Crippen LogP contribution in [-0.2, 0) is 16.1 Å². The Bertz CT molecular complexity index is 542. The molecule has 4 nitrogen and oxygen atoms in total. The summed E-state index contributed by atoms with van der Waals surface area (Å²) in [5.74, 6) is -0.169. The van der Waals surface area contributed by atoms with Crippen LogP contribution < -0.4 is 5.32 Å². The number of carbonyl (C=O) groups excluding carboxylic acids is 2. The van der Waals surface area contributed by atoms with E-state index in [1.54, 1.807) is 4.90 Å². The summed E-state index contributed by atoms with van der Waals surface area (Å²) in [4.78, 5) is 27.1. The van der Waals surface area contributed by atoms with E-state index in [9.17, 15) is 9.59 Å². The fourth-order valence-electron chi connectivity index (χ4n) is 2.56. The molecule has 0 radical (unpaired) electrons. The maximum absolute atomic E-state index is 12.9. The number of amides is 2. The smallest absolute Gasteiger partial charge is 0.238 e. The molecule has 4 heteroatoms. The van der Waals surface area contributed by atoms with Gasteiger partial charge in [-0.2, -0.15) is 0 Å². The number of nitrogens with one attached hydrogen (secondary N) is 1. The van der Waals surface area contributed by atoms with E-state index < -0.39 is 5.41 Å². The van der Waals surface area contributed by atoms with Crippen LogP contribution in [0.25, 0.3) is 0 Å². The average Bonchev–Trinajstić information content (AvgIpc) is 3.25. The molecule has 0 spiro atoms. The molecule has 0 aromatic heterocycles. The molecule has 0 bridgehead atoms. The van der Waals surface area contributed by atoms with E-state index in [-0.39, 0.29) is 17.4 Å². The first kappa shape index (κ1) is 16.5. The predicted octanol–water partition coefficient (Wildman–Crippen LogP) is 2.73. The Morgan fingerprint density at radius 2 is 1.77 bits per heavy atom. The molecule has 1 saturated carbocycles. The van der Waals surface area contributed by atoms with Crippen molar-refractivity contribution in [3.8, 4) is 0 Å². The van der Waals surface area contributed by atoms with E-state index in [0.717, 1.165) is 5.56 Å². The number of rotatable bonds is 5. The first-order valence-electron chi connectivity index (χ1n) is 7.94. The number of carbonyl (C=O) groups is 2. The van der Waals surface area contributed by atoms with Crippen LogP contribution in [0, 0.1) is 5.41 Å². The zero-order valence-corrected chi connectivity index (χ0v) is 14.0. The van der Waals surface area contributed by atoms with Crippen molar-refractivity contribution in [2.75, 3.05) is 6.54 Å². The molecular formula is C18H26N2O2. The molecule has 0 atom stereocenters. The molecule has 1 aliphatic rings. The molecule has 0 heterocycles. The third-order valence-corrected chi connectivity index (χ3v) is 3.97. The third kappa shape index (κ3) is 3.67. The monoisotopic (exact) mass is 302 g/mol. The highest BCUT2D eigenvalue weighted by Gasteiger charge is 2.58. The lowest BCUT2D eigenvalue weighted by Crippen LogP contribution is -2.50. The van der Waals surface area contributed by atoms with Crippen molar-refractivity contribution in [3.05, 3.63) is 35.9 Å². The van der Waals surface area contributed by atoms with E-state index >= 15 is 0 Å². The van der Waals surface area contributed by atoms with Gasteiger partial charge in [-0.3, -0.25) is 9.59 Å². The lowest BCUT2D eigenvalue weighted by molar-refractivity contribution is -0.145. The second-order valence-corrected chi connectivity index (χ2v) is 7.09. The van der Waals surface area contributed by atoms with Gasteiger partial charge in [-0.15, -0.1) is 0 Å². The Labute approximate surface area is 132 Å². The Morgan fingerprint density at radius 1 is 1.18 bits per heavy atom. The Kier molecular flexibility index (Phi) is 4.59. The normalized spacial score (nSPS) is 16.0. The average molecular weight is 302 g/mol. The molecule has 1 aromatic rings. The summed E-state index contributed by atoms with van der Waals surface area (Å²) in [5.41, 5.74) is -0.0636. The summed E-state index contributed by atoms with van der Waals surface area (Å²) in [6.45, 7) is 8.94. The molecule has 1 aliphatic carbocycles. The van der Waals surface area contributed by atoms with E-state index in [1.165, 1.54) is 0 Å². The maximum atomic E-state index is 12.9. The van der Waals surface area contributed by atoms with Gasteiger partial charge in [-0.05, 0) is 46.1 Å². The molecule has 2 amide bonds. The number of benzene rings is 1. The van der Waals surface area contributed by atoms with E-state index in [2.05, 4.69) is 5.32 Å². The van der Waals surface area contributed by atoms with Gasteiger partial charge >= 0.3 is 0 Å². The summed E-state index contributed by atoms with van der Waals surface area (Å²) in [5, 5.41) is 2.96. The van der Waals surface area contributed by atoms with Crippen LogP contribution >= 0.6 is 0 Å². The molecule has 120 valence electrons. The number of hydrogen-bond donors (Lipinski definition) is 1. The van der Waals surface area contributed by atoms with Crippen molar-refractivity contribution < 1.29 is 9.59 Å². The van der Waals surface area contributed by atoms with Crippen molar-refractivity contribution in [2.45, 2.75) is 52.6 Å². The van der Waals surface area contributed by atoms with E-state index in [1.807, 2.05) is 58.0 Å². The van der Waals surface area contributed by atoms with Gasteiger partial charge in [-0.25, -0.2) is 0 Å². The van der Waals surface area contributed by atoms with Crippen molar-refractivity contribution in [3.63, 3.8) is 0 Å². The minimum atomic E-state index is -0.835. The van der Waals surface area contributed by atoms with Gasteiger partial charge in [0, 0.05) is 18.6 Å². The van der Waals surface area contributed by atoms with Crippen molar-refractivity contribution in [1.82, 2.24) is 10.2 Å². The van der Waals surface area contributed by atoms with Crippen LogP contribution in [0.15, 0.2) is 30.3 Å². The summed E-state index contributed by atoms with van der Waals surface area (Å²) in [6, 6.07) is 9.90. The van der Waals surface area contributed by atoms with Gasteiger partial charge in [0.1, 0.15) is 5.41 Å². The largest absolute Gasteiger partial charge is 0.351 e. The standard InChI is InChI=1S/C18H26N2O2/c1-5-20(13-14-9-7-6-8-10-14)16(22)18(11-12-18)15(21)19-17(2,3)4/h6-10H,5,11-13H2,1-4H3,(H,19,21). The molecule has 22 heavy (non-hydrogen) atoms. The van der Waals surface area contributed by atoms with Crippen LogP contribution in [0.4, 0.5) is 0 Å². The number of hydrogen-bond acceptors (Lipinski definition) is 2. The van der Waals surface area contributed by atoms with Crippen molar-refractivity contribution in [1.29, 1.82) is 0 Å². The van der Waals surface area contributed by atoms with Gasteiger partial charge in [0.05, 0.1) is 0 Å². The summed E-state index contributed by atoms with van der Waals surface area (Å²) >= 11 is 0. The van der Waals surface area contributed by atoms with Crippen LogP contribution in [0.3, 0.4) is 0 Å². The summed E-state index contributed by atoms with van der Waals surface area (Å²) in [7, 11) is 0. The quantitative estimate of drug-likeness (QED) is 0.850. The molecule has 2 rings (SSSR count). The van der Waals surface area contributed by atoms with Gasteiger partial charge in [0.15, 0.2) is 0 Å². The van der Waals surface area contributed by atoms with Crippen LogP contribution in [-0.4, -0.2) is 28.8 Å². The highest BCUT2D eigenvalue weighted by atomic mass is 16.2. The topological polar surface area (TPSA) is 49.4 Å². The van der Waals surface area contributed by atoms with Crippen molar-refractivity contribution >= 4 is 11.8 Å². The minimum Gasteiger partial charge on any atom is -0.351 e. The molecule has 1 aromatic carbocycles. The minimum absolute atomic E-state index is 0.0411. The lowest BCUT2D eigenvalue weighted by Gasteiger charge is -2.29. The Hall–Kier alpha value is -1.84. The van der Waals surface area contributed by atoms with E-state index in [0.29, 0.717) is 25.9 Å². The zero-order chi connectivity index (χ0) is 16.4.